The van der Waals surface area contributed by atoms with Gasteiger partial charge in [-0.25, -0.2) is 4.39 Å². The predicted octanol–water partition coefficient (Wildman–Crippen LogP) is 6.63. The zero-order valence-electron chi connectivity index (χ0n) is 23.3. The van der Waals surface area contributed by atoms with Crippen LogP contribution in [0.1, 0.15) is 87.9 Å². The van der Waals surface area contributed by atoms with E-state index in [0.717, 1.165) is 77.3 Å². The Hall–Kier alpha value is -3.09. The Kier molecular flexibility index (Phi) is 11.0. The van der Waals surface area contributed by atoms with E-state index >= 15 is 0 Å². The van der Waals surface area contributed by atoms with Crippen LogP contribution in [0.3, 0.4) is 0 Å². The van der Waals surface area contributed by atoms with Crippen molar-refractivity contribution in [3.63, 3.8) is 0 Å². The summed E-state index contributed by atoms with van der Waals surface area (Å²) in [6, 6.07) is 13.5. The van der Waals surface area contributed by atoms with E-state index in [4.69, 9.17) is 9.47 Å². The highest BCUT2D eigenvalue weighted by Crippen LogP contribution is 2.31. The third-order valence-corrected chi connectivity index (χ3v) is 7.77. The Morgan fingerprint density at radius 1 is 0.974 bits per heavy atom. The zero-order chi connectivity index (χ0) is 27.5. The monoisotopic (exact) mass is 538 g/mol. The predicted molar refractivity (Wildman–Crippen MR) is 151 cm³/mol. The van der Waals surface area contributed by atoms with Crippen molar-refractivity contribution >= 4 is 11.8 Å². The number of benzene rings is 2. The summed E-state index contributed by atoms with van der Waals surface area (Å²) in [4.78, 5) is 31.1. The van der Waals surface area contributed by atoms with Gasteiger partial charge in [-0.3, -0.25) is 9.59 Å². The third-order valence-electron chi connectivity index (χ3n) is 7.77. The molecule has 2 aromatic carbocycles. The Balaban J connectivity index is 1.53. The molecule has 212 valence electrons. The maximum Gasteiger partial charge on any atom is 0.257 e. The van der Waals surface area contributed by atoms with Crippen molar-refractivity contribution < 1.29 is 23.5 Å². The highest BCUT2D eigenvalue weighted by Gasteiger charge is 2.35. The second kappa shape index (κ2) is 14.9. The van der Waals surface area contributed by atoms with Crippen LogP contribution in [0.5, 0.6) is 11.5 Å². The van der Waals surface area contributed by atoms with E-state index in [2.05, 4.69) is 6.92 Å². The van der Waals surface area contributed by atoms with E-state index in [1.807, 2.05) is 34.1 Å². The van der Waals surface area contributed by atoms with Gasteiger partial charge in [0.1, 0.15) is 23.4 Å². The molecule has 1 aliphatic carbocycles. The number of fused-ring (bicyclic) bond motifs is 2. The van der Waals surface area contributed by atoms with Crippen molar-refractivity contribution in [2.24, 2.45) is 0 Å². The summed E-state index contributed by atoms with van der Waals surface area (Å²) in [5.41, 5.74) is 0.603. The largest absolute Gasteiger partial charge is 0.493 e. The van der Waals surface area contributed by atoms with Crippen LogP contribution in [0.25, 0.3) is 0 Å². The Morgan fingerprint density at radius 3 is 2.56 bits per heavy atom. The lowest BCUT2D eigenvalue weighted by Gasteiger charge is -2.40. The average Bonchev–Trinajstić information content (AvgIpc) is 2.94. The molecule has 1 heterocycles. The van der Waals surface area contributed by atoms with E-state index in [-0.39, 0.29) is 42.8 Å². The van der Waals surface area contributed by atoms with Crippen molar-refractivity contribution in [1.29, 1.82) is 0 Å². The summed E-state index contributed by atoms with van der Waals surface area (Å²) < 4.78 is 25.8. The Bertz CT molecular complexity index is 1080. The number of hydrogen-bond donors (Lipinski definition) is 0. The van der Waals surface area contributed by atoms with Gasteiger partial charge in [-0.15, -0.1) is 0 Å². The molecule has 0 bridgehead atoms. The molecule has 0 aromatic heterocycles. The number of hydrogen-bond acceptors (Lipinski definition) is 4. The van der Waals surface area contributed by atoms with Gasteiger partial charge in [0.25, 0.3) is 5.91 Å². The lowest BCUT2D eigenvalue weighted by atomic mass is 9.90. The standard InChI is InChI=1S/C32H43FN2O4/c1-2-20-34-21-10-4-3-5-11-22-35(31(36)19-23-38-26-14-12-13-25(33)24-26)28-16-7-9-18-30(28)39-29-17-8-6-15-27(29)32(34)37/h6,8,12-15,17,24,28,30H,2-5,7,9-11,16,18-23H2,1H3/t28-,30+/m1/s1. The smallest absolute Gasteiger partial charge is 0.257 e. The average molecular weight is 539 g/mol. The molecule has 7 heteroatoms. The topological polar surface area (TPSA) is 59.1 Å². The van der Waals surface area contributed by atoms with Gasteiger partial charge >= 0.3 is 0 Å². The van der Waals surface area contributed by atoms with E-state index in [0.29, 0.717) is 23.6 Å². The normalized spacial score (nSPS) is 21.1. The van der Waals surface area contributed by atoms with E-state index in [9.17, 15) is 14.0 Å². The molecule has 1 saturated carbocycles. The second-order valence-electron chi connectivity index (χ2n) is 10.7. The second-order valence-corrected chi connectivity index (χ2v) is 10.7. The van der Waals surface area contributed by atoms with Gasteiger partial charge in [-0.05, 0) is 62.8 Å². The number of nitrogens with zero attached hydrogens (tertiary/aromatic N) is 2. The molecular weight excluding hydrogens is 495 g/mol. The summed E-state index contributed by atoms with van der Waals surface area (Å²) in [6.45, 7) is 4.47. The molecule has 2 aromatic rings. The number of halogens is 1. The molecule has 6 nitrogen and oxygen atoms in total. The van der Waals surface area contributed by atoms with Crippen molar-refractivity contribution in [2.45, 2.75) is 89.7 Å². The van der Waals surface area contributed by atoms with Crippen LogP contribution in [-0.4, -0.2) is 60.0 Å². The maximum absolute atomic E-state index is 13.6. The van der Waals surface area contributed by atoms with Crippen LogP contribution in [0, 0.1) is 5.82 Å². The highest BCUT2D eigenvalue weighted by molar-refractivity contribution is 5.97. The van der Waals surface area contributed by atoms with Gasteiger partial charge in [0.05, 0.1) is 24.6 Å². The first kappa shape index (κ1) is 28.9. The molecule has 1 aliphatic heterocycles. The zero-order valence-corrected chi connectivity index (χ0v) is 23.3. The van der Waals surface area contributed by atoms with Crippen LogP contribution >= 0.6 is 0 Å². The first-order valence-corrected chi connectivity index (χ1v) is 14.8. The SMILES string of the molecule is CCCN1CCCCCCCN(C(=O)CCOc2cccc(F)c2)[C@@H]2CCCC[C@@H]2Oc2ccccc2C1=O. The van der Waals surface area contributed by atoms with E-state index in [1.54, 1.807) is 12.1 Å². The van der Waals surface area contributed by atoms with Crippen LogP contribution in [0.4, 0.5) is 4.39 Å². The summed E-state index contributed by atoms with van der Waals surface area (Å²) in [6.07, 6.45) is 9.86. The molecule has 2 atom stereocenters. The number of amides is 2. The van der Waals surface area contributed by atoms with Gasteiger partial charge in [0, 0.05) is 25.7 Å². The van der Waals surface area contributed by atoms with Crippen molar-refractivity contribution in [3.8, 4) is 11.5 Å². The Morgan fingerprint density at radius 2 is 1.74 bits per heavy atom. The molecular formula is C32H43FN2O4. The number of carbonyl (C=O) groups excluding carboxylic acids is 2. The van der Waals surface area contributed by atoms with Gasteiger partial charge in [0.15, 0.2) is 0 Å². The third kappa shape index (κ3) is 8.20. The lowest BCUT2D eigenvalue weighted by molar-refractivity contribution is -0.137. The molecule has 2 aliphatic rings. The highest BCUT2D eigenvalue weighted by atomic mass is 19.1. The van der Waals surface area contributed by atoms with Crippen LogP contribution in [0.15, 0.2) is 48.5 Å². The molecule has 4 rings (SSSR count). The van der Waals surface area contributed by atoms with Gasteiger partial charge in [0.2, 0.25) is 5.91 Å². The fraction of sp³-hybridized carbons (Fsp3) is 0.562. The molecule has 0 saturated heterocycles. The molecule has 2 amide bonds. The molecule has 0 N–H and O–H groups in total. The molecule has 0 radical (unpaired) electrons. The molecule has 0 unspecified atom stereocenters. The Labute approximate surface area is 232 Å². The van der Waals surface area contributed by atoms with Crippen molar-refractivity contribution in [3.05, 3.63) is 59.9 Å². The number of rotatable bonds is 6. The van der Waals surface area contributed by atoms with Crippen LogP contribution < -0.4 is 9.47 Å². The van der Waals surface area contributed by atoms with Crippen LogP contribution in [-0.2, 0) is 4.79 Å². The number of ether oxygens (including phenoxy) is 2. The summed E-state index contributed by atoms with van der Waals surface area (Å²) in [5.74, 6) is 0.740. The van der Waals surface area contributed by atoms with E-state index in [1.165, 1.54) is 12.1 Å². The first-order chi connectivity index (χ1) is 19.1. The van der Waals surface area contributed by atoms with Crippen molar-refractivity contribution in [2.75, 3.05) is 26.2 Å². The lowest BCUT2D eigenvalue weighted by Crippen LogP contribution is -2.51. The molecule has 0 spiro atoms. The van der Waals surface area contributed by atoms with Gasteiger partial charge in [-0.1, -0.05) is 50.8 Å². The summed E-state index contributed by atoms with van der Waals surface area (Å²) >= 11 is 0. The van der Waals surface area contributed by atoms with Crippen LogP contribution in [0.2, 0.25) is 0 Å². The minimum Gasteiger partial charge on any atom is -0.493 e. The minimum atomic E-state index is -0.358. The van der Waals surface area contributed by atoms with E-state index < -0.39 is 0 Å². The quantitative estimate of drug-likeness (QED) is 0.414. The van der Waals surface area contributed by atoms with Gasteiger partial charge < -0.3 is 19.3 Å². The molecule has 1 fully saturated rings. The first-order valence-electron chi connectivity index (χ1n) is 14.8. The molecule has 39 heavy (non-hydrogen) atoms. The fourth-order valence-corrected chi connectivity index (χ4v) is 5.78. The summed E-state index contributed by atoms with van der Waals surface area (Å²) in [5, 5.41) is 0. The van der Waals surface area contributed by atoms with Crippen molar-refractivity contribution in [1.82, 2.24) is 9.80 Å². The summed E-state index contributed by atoms with van der Waals surface area (Å²) in [7, 11) is 0. The maximum atomic E-state index is 13.6. The number of para-hydroxylation sites is 1. The van der Waals surface area contributed by atoms with Gasteiger partial charge in [-0.2, -0.15) is 0 Å². The fourth-order valence-electron chi connectivity index (χ4n) is 5.78. The number of carbonyl (C=O) groups is 2. The minimum absolute atomic E-state index is 0.0251.